The van der Waals surface area contributed by atoms with Gasteiger partial charge in [-0.05, 0) is 23.8 Å². The zero-order valence-electron chi connectivity index (χ0n) is 17.5. The second-order valence-corrected chi connectivity index (χ2v) is 8.22. The molecule has 4 aromatic rings. The minimum Gasteiger partial charge on any atom is -0.395 e. The van der Waals surface area contributed by atoms with Crippen LogP contribution in [0, 0.1) is 0 Å². The molecule has 0 saturated carbocycles. The summed E-state index contributed by atoms with van der Waals surface area (Å²) in [5.41, 5.74) is 2.85. The first-order valence-corrected chi connectivity index (χ1v) is 11.3. The van der Waals surface area contributed by atoms with Crippen LogP contribution in [0.15, 0.2) is 61.1 Å². The molecule has 9 heteroatoms. The molecule has 3 aromatic heterocycles. The Morgan fingerprint density at radius 3 is 2.56 bits per heavy atom. The number of pyridine rings is 1. The lowest BCUT2D eigenvalue weighted by molar-refractivity contribution is 0.276. The first-order chi connectivity index (χ1) is 15.8. The predicted molar refractivity (Wildman–Crippen MR) is 129 cm³/mol. The maximum Gasteiger partial charge on any atom is 0.148 e. The summed E-state index contributed by atoms with van der Waals surface area (Å²) in [6.45, 7) is 2.17. The van der Waals surface area contributed by atoms with Gasteiger partial charge < -0.3 is 26.2 Å². The quantitative estimate of drug-likeness (QED) is 0.222. The standard InChI is InChI=1S/C23H26N6O2S/c30-11-10-24-8-9-25-21-7-6-17(13-26-21)20-12-18-22(32-20)23(28-15-27-18)29-19(14-31)16-4-2-1-3-5-16/h1-7,12-13,15,19,24,30-31H,8-11,14H2,(H,25,26)(H,27,28,29)/t19-/m1/s1. The Morgan fingerprint density at radius 2 is 1.81 bits per heavy atom. The van der Waals surface area contributed by atoms with Gasteiger partial charge in [0.2, 0.25) is 0 Å². The van der Waals surface area contributed by atoms with Crippen molar-refractivity contribution in [2.75, 3.05) is 43.5 Å². The van der Waals surface area contributed by atoms with Gasteiger partial charge in [0.05, 0.1) is 29.5 Å². The molecular weight excluding hydrogens is 424 g/mol. The van der Waals surface area contributed by atoms with E-state index in [9.17, 15) is 5.11 Å². The lowest BCUT2D eigenvalue weighted by Crippen LogP contribution is -2.25. The highest BCUT2D eigenvalue weighted by molar-refractivity contribution is 7.22. The van der Waals surface area contributed by atoms with Crippen LogP contribution in [0.25, 0.3) is 20.7 Å². The van der Waals surface area contributed by atoms with E-state index in [0.717, 1.165) is 45.1 Å². The van der Waals surface area contributed by atoms with Crippen molar-refractivity contribution in [2.45, 2.75) is 6.04 Å². The molecule has 1 aromatic carbocycles. The number of aromatic nitrogens is 3. The Labute approximate surface area is 190 Å². The second-order valence-electron chi connectivity index (χ2n) is 7.17. The monoisotopic (exact) mass is 450 g/mol. The lowest BCUT2D eigenvalue weighted by Gasteiger charge is -2.17. The Kier molecular flexibility index (Phi) is 7.57. The fourth-order valence-corrected chi connectivity index (χ4v) is 4.37. The number of nitrogens with one attached hydrogen (secondary N) is 3. The third kappa shape index (κ3) is 5.38. The zero-order chi connectivity index (χ0) is 22.2. The highest BCUT2D eigenvalue weighted by Gasteiger charge is 2.15. The van der Waals surface area contributed by atoms with Gasteiger partial charge in [0.15, 0.2) is 0 Å². The van der Waals surface area contributed by atoms with Gasteiger partial charge in [-0.15, -0.1) is 11.3 Å². The van der Waals surface area contributed by atoms with Crippen molar-refractivity contribution in [1.29, 1.82) is 0 Å². The van der Waals surface area contributed by atoms with E-state index in [4.69, 9.17) is 5.11 Å². The van der Waals surface area contributed by atoms with Crippen LogP contribution >= 0.6 is 11.3 Å². The average Bonchev–Trinajstić information content (AvgIpc) is 3.28. The van der Waals surface area contributed by atoms with Crippen molar-refractivity contribution in [2.24, 2.45) is 0 Å². The molecule has 0 amide bonds. The third-order valence-electron chi connectivity index (χ3n) is 4.95. The molecule has 0 saturated heterocycles. The second kappa shape index (κ2) is 11.0. The van der Waals surface area contributed by atoms with E-state index in [1.807, 2.05) is 54.7 Å². The molecule has 32 heavy (non-hydrogen) atoms. The summed E-state index contributed by atoms with van der Waals surface area (Å²) >= 11 is 1.59. The van der Waals surface area contributed by atoms with E-state index in [-0.39, 0.29) is 19.3 Å². The summed E-state index contributed by atoms with van der Waals surface area (Å²) in [6, 6.07) is 15.6. The van der Waals surface area contributed by atoms with Crippen LogP contribution in [0.2, 0.25) is 0 Å². The minimum atomic E-state index is -0.251. The molecular formula is C23H26N6O2S. The summed E-state index contributed by atoms with van der Waals surface area (Å²) < 4.78 is 0.939. The molecule has 0 aliphatic heterocycles. The van der Waals surface area contributed by atoms with E-state index in [0.29, 0.717) is 12.4 Å². The number of nitrogens with zero attached hydrogens (tertiary/aromatic N) is 3. The molecule has 1 atom stereocenters. The number of aliphatic hydroxyl groups excluding tert-OH is 2. The molecule has 0 fully saturated rings. The molecule has 0 radical (unpaired) electrons. The maximum atomic E-state index is 9.89. The summed E-state index contributed by atoms with van der Waals surface area (Å²) in [5.74, 6) is 1.51. The van der Waals surface area contributed by atoms with Crippen LogP contribution in [-0.2, 0) is 0 Å². The van der Waals surface area contributed by atoms with E-state index in [1.54, 1.807) is 11.3 Å². The number of thiophene rings is 1. The Hall–Kier alpha value is -3.11. The molecule has 4 rings (SSSR count). The number of aliphatic hydroxyl groups is 2. The van der Waals surface area contributed by atoms with Crippen molar-refractivity contribution >= 4 is 33.2 Å². The summed E-state index contributed by atoms with van der Waals surface area (Å²) in [7, 11) is 0. The SMILES string of the molecule is OCCNCCNc1ccc(-c2cc3ncnc(N[C@H](CO)c4ccccc4)c3s2)cn1. The molecule has 8 nitrogen and oxygen atoms in total. The summed E-state index contributed by atoms with van der Waals surface area (Å²) in [6.07, 6.45) is 3.38. The molecule has 166 valence electrons. The highest BCUT2D eigenvalue weighted by atomic mass is 32.1. The number of fused-ring (bicyclic) bond motifs is 1. The van der Waals surface area contributed by atoms with Crippen molar-refractivity contribution in [3.05, 3.63) is 66.6 Å². The number of hydrogen-bond acceptors (Lipinski definition) is 9. The third-order valence-corrected chi connectivity index (χ3v) is 6.13. The fraction of sp³-hybridized carbons (Fsp3) is 0.261. The van der Waals surface area contributed by atoms with E-state index in [2.05, 4.69) is 30.9 Å². The zero-order valence-corrected chi connectivity index (χ0v) is 18.3. The Balaban J connectivity index is 1.49. The molecule has 0 bridgehead atoms. The molecule has 0 unspecified atom stereocenters. The molecule has 0 spiro atoms. The van der Waals surface area contributed by atoms with Crippen LogP contribution in [-0.4, -0.2) is 58.0 Å². The number of rotatable bonds is 11. The Bertz CT molecular complexity index is 1120. The predicted octanol–water partition coefficient (Wildman–Crippen LogP) is 2.89. The van der Waals surface area contributed by atoms with Crippen molar-refractivity contribution in [3.63, 3.8) is 0 Å². The van der Waals surface area contributed by atoms with Gasteiger partial charge in [-0.2, -0.15) is 0 Å². The maximum absolute atomic E-state index is 9.89. The molecule has 5 N–H and O–H groups in total. The van der Waals surface area contributed by atoms with Crippen LogP contribution < -0.4 is 16.0 Å². The van der Waals surface area contributed by atoms with Crippen LogP contribution in [0.3, 0.4) is 0 Å². The van der Waals surface area contributed by atoms with Crippen LogP contribution in [0.1, 0.15) is 11.6 Å². The van der Waals surface area contributed by atoms with Gasteiger partial charge in [-0.1, -0.05) is 30.3 Å². The van der Waals surface area contributed by atoms with Gasteiger partial charge in [-0.25, -0.2) is 15.0 Å². The van der Waals surface area contributed by atoms with Crippen molar-refractivity contribution < 1.29 is 10.2 Å². The van der Waals surface area contributed by atoms with E-state index in [1.165, 1.54) is 6.33 Å². The van der Waals surface area contributed by atoms with Crippen molar-refractivity contribution in [1.82, 2.24) is 20.3 Å². The average molecular weight is 451 g/mol. The largest absolute Gasteiger partial charge is 0.395 e. The number of benzene rings is 1. The van der Waals surface area contributed by atoms with E-state index >= 15 is 0 Å². The van der Waals surface area contributed by atoms with Gasteiger partial charge in [0, 0.05) is 36.3 Å². The first-order valence-electron chi connectivity index (χ1n) is 10.5. The molecule has 0 aliphatic rings. The van der Waals surface area contributed by atoms with Gasteiger partial charge in [0.1, 0.15) is 18.0 Å². The molecule has 3 heterocycles. The number of hydrogen-bond donors (Lipinski definition) is 5. The van der Waals surface area contributed by atoms with Gasteiger partial charge in [-0.3, -0.25) is 0 Å². The van der Waals surface area contributed by atoms with Gasteiger partial charge in [0.25, 0.3) is 0 Å². The topological polar surface area (TPSA) is 115 Å². The van der Waals surface area contributed by atoms with Gasteiger partial charge >= 0.3 is 0 Å². The van der Waals surface area contributed by atoms with Crippen molar-refractivity contribution in [3.8, 4) is 10.4 Å². The summed E-state index contributed by atoms with van der Waals surface area (Å²) in [5, 5.41) is 28.4. The number of anilines is 2. The minimum absolute atomic E-state index is 0.0400. The van der Waals surface area contributed by atoms with Crippen LogP contribution in [0.4, 0.5) is 11.6 Å². The summed E-state index contributed by atoms with van der Waals surface area (Å²) in [4.78, 5) is 14.4. The fourth-order valence-electron chi connectivity index (χ4n) is 3.31. The Morgan fingerprint density at radius 1 is 0.938 bits per heavy atom. The molecule has 0 aliphatic carbocycles. The first kappa shape index (κ1) is 22.1. The smallest absolute Gasteiger partial charge is 0.148 e. The van der Waals surface area contributed by atoms with E-state index < -0.39 is 0 Å². The highest BCUT2D eigenvalue weighted by Crippen LogP contribution is 2.36. The normalized spacial score (nSPS) is 12.1. The van der Waals surface area contributed by atoms with Crippen LogP contribution in [0.5, 0.6) is 0 Å². The lowest BCUT2D eigenvalue weighted by atomic mass is 10.1.